The lowest BCUT2D eigenvalue weighted by atomic mass is 9.93. The smallest absolute Gasteiger partial charge is 0.0891 e. The van der Waals surface area contributed by atoms with Gasteiger partial charge in [-0.2, -0.15) is 11.8 Å². The molecule has 0 aromatic carbocycles. The van der Waals surface area contributed by atoms with Crippen LogP contribution in [0.15, 0.2) is 0 Å². The zero-order chi connectivity index (χ0) is 12.3. The first-order valence-electron chi connectivity index (χ1n) is 6.35. The lowest BCUT2D eigenvalue weighted by Crippen LogP contribution is -2.52. The summed E-state index contributed by atoms with van der Waals surface area (Å²) in [7, 11) is 0. The van der Waals surface area contributed by atoms with Crippen LogP contribution in [0.25, 0.3) is 0 Å². The first kappa shape index (κ1) is 13.6. The summed E-state index contributed by atoms with van der Waals surface area (Å²) >= 11 is 7.07. The van der Waals surface area contributed by atoms with E-state index in [4.69, 9.17) is 22.7 Å². The lowest BCUT2D eigenvalue weighted by molar-refractivity contribution is 0.0263. The highest BCUT2D eigenvalue weighted by molar-refractivity contribution is 8.02. The van der Waals surface area contributed by atoms with Crippen LogP contribution >= 0.6 is 24.0 Å². The number of ether oxygens (including phenoxy) is 1. The van der Waals surface area contributed by atoms with Gasteiger partial charge in [0.25, 0.3) is 0 Å². The van der Waals surface area contributed by atoms with Crippen molar-refractivity contribution >= 4 is 29.0 Å². The van der Waals surface area contributed by atoms with Crippen LogP contribution in [0.5, 0.6) is 0 Å². The highest BCUT2D eigenvalue weighted by Crippen LogP contribution is 2.36. The maximum absolute atomic E-state index is 5.91. The number of rotatable bonds is 3. The van der Waals surface area contributed by atoms with Gasteiger partial charge in [-0.05, 0) is 31.9 Å². The molecule has 0 unspecified atom stereocenters. The molecule has 2 rings (SSSR count). The van der Waals surface area contributed by atoms with Crippen molar-refractivity contribution in [1.82, 2.24) is 4.90 Å². The Balaban J connectivity index is 1.90. The molecule has 0 radical (unpaired) electrons. The number of piperidine rings is 1. The van der Waals surface area contributed by atoms with Crippen LogP contribution in [0.2, 0.25) is 0 Å². The van der Waals surface area contributed by atoms with Crippen LogP contribution in [0, 0.1) is 0 Å². The molecule has 0 aromatic heterocycles. The Kier molecular flexibility index (Phi) is 4.69. The normalized spacial score (nSPS) is 26.9. The molecule has 0 aromatic rings. The van der Waals surface area contributed by atoms with Gasteiger partial charge in [0.2, 0.25) is 0 Å². The summed E-state index contributed by atoms with van der Waals surface area (Å²) in [4.78, 5) is 3.30. The molecule has 17 heavy (non-hydrogen) atoms. The molecule has 2 fully saturated rings. The number of thiocarbonyl (C=S) groups is 1. The van der Waals surface area contributed by atoms with E-state index in [1.165, 1.54) is 12.8 Å². The van der Waals surface area contributed by atoms with Crippen molar-refractivity contribution in [3.63, 3.8) is 0 Å². The molecule has 0 saturated carbocycles. The summed E-state index contributed by atoms with van der Waals surface area (Å²) in [5.74, 6) is 0. The van der Waals surface area contributed by atoms with Crippen molar-refractivity contribution in [2.24, 2.45) is 5.73 Å². The van der Waals surface area contributed by atoms with E-state index < -0.39 is 0 Å². The second kappa shape index (κ2) is 5.87. The summed E-state index contributed by atoms with van der Waals surface area (Å²) in [5.41, 5.74) is 5.91. The van der Waals surface area contributed by atoms with Crippen LogP contribution in [0.1, 0.15) is 25.7 Å². The first-order chi connectivity index (χ1) is 8.18. The average Bonchev–Trinajstić information content (AvgIpc) is 2.39. The summed E-state index contributed by atoms with van der Waals surface area (Å²) in [6.07, 6.45) is 6.68. The molecular weight excluding hydrogens is 252 g/mol. The molecule has 2 heterocycles. The van der Waals surface area contributed by atoms with Gasteiger partial charge in [-0.25, -0.2) is 0 Å². The zero-order valence-electron chi connectivity index (χ0n) is 10.5. The molecule has 5 heteroatoms. The summed E-state index contributed by atoms with van der Waals surface area (Å²) < 4.78 is 5.47. The third-order valence-corrected chi connectivity index (χ3v) is 6.08. The van der Waals surface area contributed by atoms with E-state index in [-0.39, 0.29) is 4.75 Å². The van der Waals surface area contributed by atoms with E-state index in [0.29, 0.717) is 4.99 Å². The fourth-order valence-electron chi connectivity index (χ4n) is 2.85. The Bertz CT molecular complexity index is 272. The third kappa shape index (κ3) is 2.95. The molecule has 0 atom stereocenters. The Hall–Kier alpha value is 0.160. The Labute approximate surface area is 113 Å². The predicted octanol–water partition coefficient (Wildman–Crippen LogP) is 1.65. The standard InChI is InChI=1S/C12H22N2OS2/c1-17-12(11(13)16)4-6-14(7-5-12)10-2-8-15-9-3-10/h10H,2-9H2,1H3,(H2,13,16). The van der Waals surface area contributed by atoms with Gasteiger partial charge in [0, 0.05) is 32.3 Å². The van der Waals surface area contributed by atoms with Gasteiger partial charge in [0.1, 0.15) is 0 Å². The van der Waals surface area contributed by atoms with E-state index >= 15 is 0 Å². The molecule has 2 aliphatic rings. The predicted molar refractivity (Wildman–Crippen MR) is 77.7 cm³/mol. The fourth-order valence-corrected chi connectivity index (χ4v) is 4.10. The minimum absolute atomic E-state index is 0.0526. The quantitative estimate of drug-likeness (QED) is 0.792. The van der Waals surface area contributed by atoms with Crippen molar-refractivity contribution in [3.8, 4) is 0 Å². The maximum Gasteiger partial charge on any atom is 0.0891 e. The molecule has 2 aliphatic heterocycles. The van der Waals surface area contributed by atoms with Gasteiger partial charge in [0.15, 0.2) is 0 Å². The molecule has 2 N–H and O–H groups in total. The Morgan fingerprint density at radius 1 is 1.35 bits per heavy atom. The van der Waals surface area contributed by atoms with Crippen LogP contribution in [-0.4, -0.2) is 53.2 Å². The van der Waals surface area contributed by atoms with Gasteiger partial charge in [-0.15, -0.1) is 0 Å². The van der Waals surface area contributed by atoms with Crippen LogP contribution in [-0.2, 0) is 4.74 Å². The fraction of sp³-hybridized carbons (Fsp3) is 0.917. The Morgan fingerprint density at radius 3 is 2.41 bits per heavy atom. The van der Waals surface area contributed by atoms with E-state index in [1.807, 2.05) is 11.8 Å². The maximum atomic E-state index is 5.91. The van der Waals surface area contributed by atoms with E-state index in [1.54, 1.807) is 0 Å². The summed E-state index contributed by atoms with van der Waals surface area (Å²) in [6.45, 7) is 4.10. The summed E-state index contributed by atoms with van der Waals surface area (Å²) in [6, 6.07) is 0.718. The SMILES string of the molecule is CSC1(C(N)=S)CCN(C2CCOCC2)CC1. The van der Waals surface area contributed by atoms with Crippen molar-refractivity contribution < 1.29 is 4.74 Å². The second-order valence-electron chi connectivity index (χ2n) is 4.94. The van der Waals surface area contributed by atoms with Crippen LogP contribution in [0.4, 0.5) is 0 Å². The average molecular weight is 274 g/mol. The van der Waals surface area contributed by atoms with Crippen molar-refractivity contribution in [1.29, 1.82) is 0 Å². The molecule has 0 bridgehead atoms. The van der Waals surface area contributed by atoms with E-state index in [9.17, 15) is 0 Å². The van der Waals surface area contributed by atoms with Crippen molar-refractivity contribution in [2.45, 2.75) is 36.5 Å². The van der Waals surface area contributed by atoms with E-state index in [0.717, 1.165) is 45.2 Å². The minimum Gasteiger partial charge on any atom is -0.392 e. The highest BCUT2D eigenvalue weighted by Gasteiger charge is 2.38. The topological polar surface area (TPSA) is 38.5 Å². The number of thioether (sulfide) groups is 1. The summed E-state index contributed by atoms with van der Waals surface area (Å²) in [5, 5.41) is 0. The van der Waals surface area contributed by atoms with Gasteiger partial charge >= 0.3 is 0 Å². The lowest BCUT2D eigenvalue weighted by Gasteiger charge is -2.44. The van der Waals surface area contributed by atoms with Crippen LogP contribution < -0.4 is 5.73 Å². The molecular formula is C12H22N2OS2. The van der Waals surface area contributed by atoms with Crippen LogP contribution in [0.3, 0.4) is 0 Å². The molecule has 0 spiro atoms. The molecule has 3 nitrogen and oxygen atoms in total. The minimum atomic E-state index is 0.0526. The van der Waals surface area contributed by atoms with Gasteiger partial charge in [-0.1, -0.05) is 12.2 Å². The largest absolute Gasteiger partial charge is 0.392 e. The molecule has 2 saturated heterocycles. The molecule has 0 amide bonds. The highest BCUT2D eigenvalue weighted by atomic mass is 32.2. The van der Waals surface area contributed by atoms with Gasteiger partial charge in [-0.3, -0.25) is 0 Å². The zero-order valence-corrected chi connectivity index (χ0v) is 12.1. The third-order valence-electron chi connectivity index (χ3n) is 4.15. The Morgan fingerprint density at radius 2 is 1.94 bits per heavy atom. The van der Waals surface area contributed by atoms with Crippen molar-refractivity contribution in [2.75, 3.05) is 32.6 Å². The number of nitrogens with zero attached hydrogens (tertiary/aromatic N) is 1. The second-order valence-corrected chi connectivity index (χ2v) is 6.57. The monoisotopic (exact) mass is 274 g/mol. The van der Waals surface area contributed by atoms with E-state index in [2.05, 4.69) is 11.2 Å². The van der Waals surface area contributed by atoms with Crippen molar-refractivity contribution in [3.05, 3.63) is 0 Å². The first-order valence-corrected chi connectivity index (χ1v) is 7.98. The number of likely N-dealkylation sites (tertiary alicyclic amines) is 1. The number of hydrogen-bond donors (Lipinski definition) is 1. The van der Waals surface area contributed by atoms with Gasteiger partial charge < -0.3 is 15.4 Å². The molecule has 98 valence electrons. The van der Waals surface area contributed by atoms with Gasteiger partial charge in [0.05, 0.1) is 9.74 Å². The number of hydrogen-bond acceptors (Lipinski definition) is 4. The number of nitrogens with two attached hydrogens (primary N) is 1. The molecule has 0 aliphatic carbocycles.